The summed E-state index contributed by atoms with van der Waals surface area (Å²) in [6, 6.07) is 2.92. The molecule has 0 bridgehead atoms. The fourth-order valence-corrected chi connectivity index (χ4v) is 2.56. The summed E-state index contributed by atoms with van der Waals surface area (Å²) in [5.74, 6) is 0. The third-order valence-corrected chi connectivity index (χ3v) is 5.22. The highest BCUT2D eigenvalue weighted by atomic mass is 32.2. The van der Waals surface area contributed by atoms with Crippen LogP contribution in [0.25, 0.3) is 0 Å². The molecule has 112 valence electrons. The summed E-state index contributed by atoms with van der Waals surface area (Å²) in [4.78, 5) is 17.3. The summed E-state index contributed by atoms with van der Waals surface area (Å²) < 4.78 is 23.0. The summed E-state index contributed by atoms with van der Waals surface area (Å²) in [6.45, 7) is 3.70. The number of hydrogen-bond acceptors (Lipinski definition) is 4. The number of rotatable bonds is 5. The first-order valence-electron chi connectivity index (χ1n) is 6.32. The van der Waals surface area contributed by atoms with Crippen molar-refractivity contribution >= 4 is 15.9 Å². The molecule has 2 atom stereocenters. The highest BCUT2D eigenvalue weighted by molar-refractivity contribution is 7.91. The summed E-state index contributed by atoms with van der Waals surface area (Å²) in [7, 11) is -1.59. The van der Waals surface area contributed by atoms with Crippen molar-refractivity contribution in [3.8, 4) is 0 Å². The van der Waals surface area contributed by atoms with Gasteiger partial charge in [-0.25, -0.2) is 13.2 Å². The fraction of sp³-hybridized carbons (Fsp3) is 0.538. The number of amides is 2. The van der Waals surface area contributed by atoms with E-state index in [-0.39, 0.29) is 6.03 Å². The summed E-state index contributed by atoms with van der Waals surface area (Å²) in [5.41, 5.74) is 0.936. The predicted octanol–water partition coefficient (Wildman–Crippen LogP) is 1.04. The molecule has 0 aromatic carbocycles. The van der Waals surface area contributed by atoms with E-state index in [2.05, 4.69) is 10.3 Å². The first-order valence-corrected chi connectivity index (χ1v) is 8.27. The molecule has 1 rings (SSSR count). The topological polar surface area (TPSA) is 79.4 Å². The van der Waals surface area contributed by atoms with Crippen molar-refractivity contribution in [3.63, 3.8) is 0 Å². The molecule has 1 heterocycles. The Bertz CT molecular complexity index is 545. The lowest BCUT2D eigenvalue weighted by Gasteiger charge is -2.29. The van der Waals surface area contributed by atoms with Gasteiger partial charge in [-0.2, -0.15) is 0 Å². The zero-order valence-corrected chi connectivity index (χ0v) is 13.0. The number of nitrogens with zero attached hydrogens (tertiary/aromatic N) is 2. The van der Waals surface area contributed by atoms with Crippen LogP contribution in [0.3, 0.4) is 0 Å². The number of carbonyl (C=O) groups is 1. The first kappa shape index (κ1) is 16.4. The third-order valence-electron chi connectivity index (χ3n) is 3.48. The van der Waals surface area contributed by atoms with Crippen LogP contribution >= 0.6 is 0 Å². The molecule has 2 unspecified atom stereocenters. The monoisotopic (exact) mass is 299 g/mol. The largest absolute Gasteiger partial charge is 0.334 e. The van der Waals surface area contributed by atoms with Crippen molar-refractivity contribution in [2.75, 3.05) is 13.3 Å². The molecule has 20 heavy (non-hydrogen) atoms. The maximum absolute atomic E-state index is 12.0. The quantitative estimate of drug-likeness (QED) is 0.881. The zero-order valence-electron chi connectivity index (χ0n) is 12.2. The van der Waals surface area contributed by atoms with Crippen LogP contribution in [-0.2, 0) is 16.4 Å². The van der Waals surface area contributed by atoms with E-state index < -0.39 is 21.1 Å². The standard InChI is InChI=1S/C13H21N3O3S/c1-10(11(2)20(4,18)19)16(3)13(17)15-9-12-5-7-14-8-6-12/h5-8,10-11H,9H2,1-4H3,(H,15,17). The Balaban J connectivity index is 2.59. The second kappa shape index (κ2) is 6.69. The first-order chi connectivity index (χ1) is 9.23. The number of pyridine rings is 1. The highest BCUT2D eigenvalue weighted by Crippen LogP contribution is 2.10. The van der Waals surface area contributed by atoms with Crippen LogP contribution in [0.15, 0.2) is 24.5 Å². The molecule has 1 aromatic heterocycles. The Morgan fingerprint density at radius 3 is 2.40 bits per heavy atom. The molecule has 0 spiro atoms. The highest BCUT2D eigenvalue weighted by Gasteiger charge is 2.27. The molecule has 1 N–H and O–H groups in total. The lowest BCUT2D eigenvalue weighted by Crippen LogP contribution is -2.48. The maximum atomic E-state index is 12.0. The average Bonchev–Trinajstić information content (AvgIpc) is 2.42. The van der Waals surface area contributed by atoms with Gasteiger partial charge in [-0.1, -0.05) is 0 Å². The predicted molar refractivity (Wildman–Crippen MR) is 78.0 cm³/mol. The molecule has 0 fully saturated rings. The fourth-order valence-electron chi connectivity index (χ4n) is 1.66. The lowest BCUT2D eigenvalue weighted by molar-refractivity contribution is 0.193. The van der Waals surface area contributed by atoms with E-state index in [9.17, 15) is 13.2 Å². The Morgan fingerprint density at radius 1 is 1.35 bits per heavy atom. The van der Waals surface area contributed by atoms with Gasteiger partial charge in [0.2, 0.25) is 0 Å². The van der Waals surface area contributed by atoms with Crippen molar-refractivity contribution < 1.29 is 13.2 Å². The Kier molecular flexibility index (Phi) is 5.50. The van der Waals surface area contributed by atoms with Crippen LogP contribution in [0, 0.1) is 0 Å². The summed E-state index contributed by atoms with van der Waals surface area (Å²) >= 11 is 0. The number of hydrogen-bond donors (Lipinski definition) is 1. The normalized spacial score (nSPS) is 14.4. The van der Waals surface area contributed by atoms with Crippen LogP contribution in [0.1, 0.15) is 19.4 Å². The van der Waals surface area contributed by atoms with E-state index >= 15 is 0 Å². The molecule has 0 saturated heterocycles. The Labute approximate surface area is 120 Å². The van der Waals surface area contributed by atoms with E-state index in [0.717, 1.165) is 5.56 Å². The van der Waals surface area contributed by atoms with Crippen LogP contribution in [0.4, 0.5) is 4.79 Å². The Morgan fingerprint density at radius 2 is 1.90 bits per heavy atom. The van der Waals surface area contributed by atoms with Crippen LogP contribution < -0.4 is 5.32 Å². The minimum absolute atomic E-state index is 0.301. The number of aromatic nitrogens is 1. The van der Waals surface area contributed by atoms with Crippen molar-refractivity contribution in [2.45, 2.75) is 31.7 Å². The van der Waals surface area contributed by atoms with E-state index in [4.69, 9.17) is 0 Å². The lowest BCUT2D eigenvalue weighted by atomic mass is 10.2. The number of sulfone groups is 1. The van der Waals surface area contributed by atoms with Crippen molar-refractivity contribution in [2.24, 2.45) is 0 Å². The molecule has 0 radical (unpaired) electrons. The smallest absolute Gasteiger partial charge is 0.317 e. The molecular formula is C13H21N3O3S. The number of carbonyl (C=O) groups excluding carboxylic acids is 1. The number of nitrogens with one attached hydrogen (secondary N) is 1. The molecule has 0 saturated carbocycles. The number of urea groups is 1. The van der Waals surface area contributed by atoms with Gasteiger partial charge in [0.25, 0.3) is 0 Å². The average molecular weight is 299 g/mol. The molecule has 0 aliphatic heterocycles. The van der Waals surface area contributed by atoms with Gasteiger partial charge < -0.3 is 10.2 Å². The molecule has 0 aliphatic carbocycles. The molecule has 2 amide bonds. The van der Waals surface area contributed by atoms with E-state index in [1.807, 2.05) is 12.1 Å². The molecular weight excluding hydrogens is 278 g/mol. The maximum Gasteiger partial charge on any atom is 0.317 e. The summed E-state index contributed by atoms with van der Waals surface area (Å²) in [5, 5.41) is 2.14. The van der Waals surface area contributed by atoms with Gasteiger partial charge in [0.1, 0.15) is 0 Å². The molecule has 7 heteroatoms. The molecule has 0 aliphatic rings. The zero-order chi connectivity index (χ0) is 15.3. The van der Waals surface area contributed by atoms with E-state index in [1.54, 1.807) is 33.3 Å². The van der Waals surface area contributed by atoms with Gasteiger partial charge in [-0.05, 0) is 31.5 Å². The van der Waals surface area contributed by atoms with Crippen LogP contribution in [0.5, 0.6) is 0 Å². The second-order valence-electron chi connectivity index (χ2n) is 4.90. The van der Waals surface area contributed by atoms with Crippen molar-refractivity contribution in [1.82, 2.24) is 15.2 Å². The van der Waals surface area contributed by atoms with Crippen LogP contribution in [-0.4, -0.2) is 48.9 Å². The van der Waals surface area contributed by atoms with Crippen molar-refractivity contribution in [3.05, 3.63) is 30.1 Å². The van der Waals surface area contributed by atoms with Crippen molar-refractivity contribution in [1.29, 1.82) is 0 Å². The van der Waals surface area contributed by atoms with Crippen LogP contribution in [0.2, 0.25) is 0 Å². The van der Waals surface area contributed by atoms with Gasteiger partial charge in [-0.3, -0.25) is 4.98 Å². The van der Waals surface area contributed by atoms with E-state index in [1.165, 1.54) is 11.2 Å². The van der Waals surface area contributed by atoms with Gasteiger partial charge in [0, 0.05) is 38.3 Å². The molecule has 6 nitrogen and oxygen atoms in total. The summed E-state index contributed by atoms with van der Waals surface area (Å²) in [6.07, 6.45) is 4.48. The van der Waals surface area contributed by atoms with Gasteiger partial charge >= 0.3 is 6.03 Å². The minimum Gasteiger partial charge on any atom is -0.334 e. The Hall–Kier alpha value is -1.63. The molecule has 1 aromatic rings. The van der Waals surface area contributed by atoms with Gasteiger partial charge in [0.05, 0.1) is 5.25 Å². The SMILES string of the molecule is CC(C(C)S(C)(=O)=O)N(C)C(=O)NCc1ccncc1. The van der Waals surface area contributed by atoms with Gasteiger partial charge in [0.15, 0.2) is 9.84 Å². The minimum atomic E-state index is -3.18. The van der Waals surface area contributed by atoms with Gasteiger partial charge in [-0.15, -0.1) is 0 Å². The third kappa shape index (κ3) is 4.48. The second-order valence-corrected chi connectivity index (χ2v) is 7.30. The van der Waals surface area contributed by atoms with E-state index in [0.29, 0.717) is 6.54 Å².